The number of carbonyl (C=O) groups is 1. The topological polar surface area (TPSA) is 81.5 Å². The maximum absolute atomic E-state index is 12.9. The molecule has 1 amide bonds. The lowest BCUT2D eigenvalue weighted by Gasteiger charge is -2.26. The van der Waals surface area contributed by atoms with E-state index in [1.807, 2.05) is 10.7 Å². The van der Waals surface area contributed by atoms with Gasteiger partial charge in [0.05, 0.1) is 24.1 Å². The van der Waals surface area contributed by atoms with Crippen LogP contribution >= 0.6 is 0 Å². The summed E-state index contributed by atoms with van der Waals surface area (Å²) in [5, 5.41) is 8.44. The number of nitrogens with zero attached hydrogens (tertiary/aromatic N) is 4. The highest BCUT2D eigenvalue weighted by atomic mass is 16.5. The molecule has 1 fully saturated rings. The van der Waals surface area contributed by atoms with E-state index >= 15 is 0 Å². The van der Waals surface area contributed by atoms with Gasteiger partial charge in [0.1, 0.15) is 5.82 Å². The van der Waals surface area contributed by atoms with E-state index in [1.54, 1.807) is 32.2 Å². The second-order valence-electron chi connectivity index (χ2n) is 8.86. The molecule has 3 aromatic rings. The molecule has 1 N–H and O–H groups in total. The summed E-state index contributed by atoms with van der Waals surface area (Å²) in [6.07, 6.45) is 1.64. The second-order valence-corrected chi connectivity index (χ2v) is 8.86. The molecule has 8 nitrogen and oxygen atoms in total. The zero-order valence-electron chi connectivity index (χ0n) is 19.2. The van der Waals surface area contributed by atoms with Gasteiger partial charge in [-0.05, 0) is 57.5 Å². The molecule has 0 unspecified atom stereocenters. The Morgan fingerprint density at radius 1 is 1.22 bits per heavy atom. The molecule has 1 aliphatic rings. The molecular weight excluding hydrogens is 406 g/mol. The minimum Gasteiger partial charge on any atom is -0.460 e. The Morgan fingerprint density at radius 3 is 2.69 bits per heavy atom. The maximum atomic E-state index is 12.9. The molecule has 3 heterocycles. The number of anilines is 1. The smallest absolute Gasteiger partial charge is 0.269 e. The number of pyridine rings is 1. The maximum Gasteiger partial charge on any atom is 0.269 e. The van der Waals surface area contributed by atoms with Crippen molar-refractivity contribution >= 4 is 22.6 Å². The fourth-order valence-corrected chi connectivity index (χ4v) is 3.74. The molecule has 0 atom stereocenters. The molecule has 0 saturated carbocycles. The van der Waals surface area contributed by atoms with Crippen LogP contribution in [-0.2, 0) is 16.1 Å². The summed E-state index contributed by atoms with van der Waals surface area (Å²) in [4.78, 5) is 19.5. The first-order valence-electron chi connectivity index (χ1n) is 11.1. The Morgan fingerprint density at radius 2 is 2.00 bits per heavy atom. The molecule has 170 valence electrons. The standard InChI is InChI=1S/C24H31N5O3/c1-17(2)29-20-9-8-18(16-28-11-13-31-14-12-28)15-19(20)22(27-29)32-24(3,4)23(30)26-21-7-5-6-10-25-21/h5-10,15,17H,11-14,16H2,1-4H3,(H,25,26,30). The van der Waals surface area contributed by atoms with Crippen molar-refractivity contribution in [2.24, 2.45) is 0 Å². The van der Waals surface area contributed by atoms with Crippen molar-refractivity contribution in [2.45, 2.75) is 45.9 Å². The van der Waals surface area contributed by atoms with Crippen LogP contribution in [0.1, 0.15) is 39.3 Å². The fraction of sp³-hybridized carbons (Fsp3) is 0.458. The highest BCUT2D eigenvalue weighted by Gasteiger charge is 2.32. The third kappa shape index (κ3) is 4.92. The summed E-state index contributed by atoms with van der Waals surface area (Å²) in [5.41, 5.74) is 1.03. The molecule has 0 radical (unpaired) electrons. The number of morpholine rings is 1. The van der Waals surface area contributed by atoms with Gasteiger partial charge in [0, 0.05) is 31.9 Å². The minimum atomic E-state index is -1.14. The Kier molecular flexibility index (Phi) is 6.43. The van der Waals surface area contributed by atoms with Gasteiger partial charge in [-0.15, -0.1) is 5.10 Å². The summed E-state index contributed by atoms with van der Waals surface area (Å²) < 4.78 is 13.6. The zero-order chi connectivity index (χ0) is 22.7. The molecular formula is C24H31N5O3. The summed E-state index contributed by atoms with van der Waals surface area (Å²) in [5.74, 6) is 0.658. The predicted molar refractivity (Wildman–Crippen MR) is 124 cm³/mol. The number of benzene rings is 1. The van der Waals surface area contributed by atoms with Gasteiger partial charge >= 0.3 is 0 Å². The van der Waals surface area contributed by atoms with E-state index < -0.39 is 5.60 Å². The van der Waals surface area contributed by atoms with E-state index in [2.05, 4.69) is 47.2 Å². The number of nitrogens with one attached hydrogen (secondary N) is 1. The van der Waals surface area contributed by atoms with Crippen molar-refractivity contribution in [2.75, 3.05) is 31.6 Å². The number of amides is 1. The van der Waals surface area contributed by atoms with Crippen molar-refractivity contribution in [3.8, 4) is 5.88 Å². The van der Waals surface area contributed by atoms with Crippen molar-refractivity contribution in [3.63, 3.8) is 0 Å². The molecule has 1 saturated heterocycles. The SMILES string of the molecule is CC(C)n1nc(OC(C)(C)C(=O)Nc2ccccn2)c2cc(CN3CCOCC3)ccc21. The number of ether oxygens (including phenoxy) is 2. The summed E-state index contributed by atoms with van der Waals surface area (Å²) in [6, 6.07) is 11.9. The van der Waals surface area contributed by atoms with Gasteiger partial charge in [-0.3, -0.25) is 14.4 Å². The lowest BCUT2D eigenvalue weighted by atomic mass is 10.1. The molecule has 8 heteroatoms. The number of fused-ring (bicyclic) bond motifs is 1. The van der Waals surface area contributed by atoms with E-state index in [4.69, 9.17) is 14.6 Å². The van der Waals surface area contributed by atoms with Crippen LogP contribution in [0.25, 0.3) is 10.9 Å². The van der Waals surface area contributed by atoms with E-state index in [1.165, 1.54) is 5.56 Å². The van der Waals surface area contributed by atoms with Crippen LogP contribution in [0.2, 0.25) is 0 Å². The monoisotopic (exact) mass is 437 g/mol. The van der Waals surface area contributed by atoms with Gasteiger partial charge in [-0.1, -0.05) is 12.1 Å². The molecule has 1 aliphatic heterocycles. The number of aromatic nitrogens is 3. The molecule has 4 rings (SSSR count). The zero-order valence-corrected chi connectivity index (χ0v) is 19.2. The first kappa shape index (κ1) is 22.2. The van der Waals surface area contributed by atoms with Crippen LogP contribution in [0.4, 0.5) is 5.82 Å². The number of hydrogen-bond donors (Lipinski definition) is 1. The average molecular weight is 438 g/mol. The Balaban J connectivity index is 1.60. The van der Waals surface area contributed by atoms with Crippen LogP contribution in [0.3, 0.4) is 0 Å². The Hall–Kier alpha value is -2.97. The average Bonchev–Trinajstić information content (AvgIpc) is 3.12. The Labute approximate surface area is 188 Å². The minimum absolute atomic E-state index is 0.158. The van der Waals surface area contributed by atoms with Crippen molar-refractivity contribution in [1.82, 2.24) is 19.7 Å². The van der Waals surface area contributed by atoms with Crippen molar-refractivity contribution < 1.29 is 14.3 Å². The molecule has 1 aromatic carbocycles. The summed E-state index contributed by atoms with van der Waals surface area (Å²) in [7, 11) is 0. The third-order valence-corrected chi connectivity index (χ3v) is 5.54. The molecule has 2 aromatic heterocycles. The second kappa shape index (κ2) is 9.26. The van der Waals surface area contributed by atoms with Crippen LogP contribution in [0.15, 0.2) is 42.6 Å². The molecule has 0 spiro atoms. The normalized spacial score (nSPS) is 15.3. The Bertz CT molecular complexity index is 1070. The molecule has 0 bridgehead atoms. The number of rotatable bonds is 7. The van der Waals surface area contributed by atoms with Crippen molar-refractivity contribution in [3.05, 3.63) is 48.2 Å². The summed E-state index contributed by atoms with van der Waals surface area (Å²) in [6.45, 7) is 11.9. The third-order valence-electron chi connectivity index (χ3n) is 5.54. The van der Waals surface area contributed by atoms with Crippen LogP contribution < -0.4 is 10.1 Å². The van der Waals surface area contributed by atoms with Crippen molar-refractivity contribution in [1.29, 1.82) is 0 Å². The first-order chi connectivity index (χ1) is 15.3. The molecule has 32 heavy (non-hydrogen) atoms. The predicted octanol–water partition coefficient (Wildman–Crippen LogP) is 3.64. The van der Waals surface area contributed by atoms with Crippen LogP contribution in [-0.4, -0.2) is 57.5 Å². The van der Waals surface area contributed by atoms with E-state index in [0.717, 1.165) is 43.8 Å². The van der Waals surface area contributed by atoms with Gasteiger partial charge in [0.2, 0.25) is 5.88 Å². The fourth-order valence-electron chi connectivity index (χ4n) is 3.74. The van der Waals surface area contributed by atoms with Gasteiger partial charge in [-0.25, -0.2) is 4.98 Å². The lowest BCUT2D eigenvalue weighted by Crippen LogP contribution is -2.42. The quantitative estimate of drug-likeness (QED) is 0.608. The van der Waals surface area contributed by atoms with Gasteiger partial charge in [0.25, 0.3) is 5.91 Å². The van der Waals surface area contributed by atoms with Crippen LogP contribution in [0, 0.1) is 0 Å². The highest BCUT2D eigenvalue weighted by molar-refractivity contribution is 5.96. The van der Waals surface area contributed by atoms with Gasteiger partial charge in [-0.2, -0.15) is 0 Å². The van der Waals surface area contributed by atoms with Gasteiger partial charge < -0.3 is 14.8 Å². The van der Waals surface area contributed by atoms with E-state index in [0.29, 0.717) is 11.7 Å². The number of carbonyl (C=O) groups excluding carboxylic acids is 1. The van der Waals surface area contributed by atoms with Crippen LogP contribution in [0.5, 0.6) is 5.88 Å². The summed E-state index contributed by atoms with van der Waals surface area (Å²) >= 11 is 0. The lowest BCUT2D eigenvalue weighted by molar-refractivity contribution is -0.128. The van der Waals surface area contributed by atoms with E-state index in [-0.39, 0.29) is 11.9 Å². The molecule has 0 aliphatic carbocycles. The van der Waals surface area contributed by atoms with E-state index in [9.17, 15) is 4.79 Å². The first-order valence-corrected chi connectivity index (χ1v) is 11.1. The highest BCUT2D eigenvalue weighted by Crippen LogP contribution is 2.31. The van der Waals surface area contributed by atoms with Gasteiger partial charge in [0.15, 0.2) is 5.60 Å². The number of hydrogen-bond acceptors (Lipinski definition) is 6. The largest absolute Gasteiger partial charge is 0.460 e.